The summed E-state index contributed by atoms with van der Waals surface area (Å²) in [5.41, 5.74) is 2.88. The monoisotopic (exact) mass is 414 g/mol. The minimum absolute atomic E-state index is 0.217. The SMILES string of the molecule is COc1ccc(-c2cnc(-c3ccccc3C(=O)NCc3ccccc3OC)o2)cc1. The average Bonchev–Trinajstić information content (AvgIpc) is 3.33. The molecule has 0 saturated heterocycles. The first-order valence-corrected chi connectivity index (χ1v) is 9.79. The average molecular weight is 414 g/mol. The van der Waals surface area contributed by atoms with Crippen molar-refractivity contribution in [1.29, 1.82) is 0 Å². The smallest absolute Gasteiger partial charge is 0.252 e. The third kappa shape index (κ3) is 4.43. The molecule has 4 rings (SSSR count). The molecular weight excluding hydrogens is 392 g/mol. The number of ether oxygens (including phenoxy) is 2. The number of hydrogen-bond acceptors (Lipinski definition) is 5. The first-order valence-electron chi connectivity index (χ1n) is 9.79. The van der Waals surface area contributed by atoms with Gasteiger partial charge in [0.15, 0.2) is 5.76 Å². The number of carbonyl (C=O) groups excluding carboxylic acids is 1. The highest BCUT2D eigenvalue weighted by Crippen LogP contribution is 2.29. The molecule has 0 aliphatic rings. The van der Waals surface area contributed by atoms with Crippen LogP contribution in [0.4, 0.5) is 0 Å². The number of benzene rings is 3. The Morgan fingerprint density at radius 2 is 1.68 bits per heavy atom. The van der Waals surface area contributed by atoms with Gasteiger partial charge in [-0.3, -0.25) is 4.79 Å². The molecule has 0 aliphatic carbocycles. The van der Waals surface area contributed by atoms with E-state index >= 15 is 0 Å². The summed E-state index contributed by atoms with van der Waals surface area (Å²) in [5, 5.41) is 2.95. The quantitative estimate of drug-likeness (QED) is 0.463. The lowest BCUT2D eigenvalue weighted by Crippen LogP contribution is -2.23. The topological polar surface area (TPSA) is 73.6 Å². The van der Waals surface area contributed by atoms with Gasteiger partial charge in [-0.15, -0.1) is 0 Å². The molecule has 0 fully saturated rings. The van der Waals surface area contributed by atoms with Crippen LogP contribution < -0.4 is 14.8 Å². The molecule has 0 radical (unpaired) electrons. The molecule has 0 unspecified atom stereocenters. The normalized spacial score (nSPS) is 10.5. The lowest BCUT2D eigenvalue weighted by molar-refractivity contribution is 0.0951. The largest absolute Gasteiger partial charge is 0.497 e. The summed E-state index contributed by atoms with van der Waals surface area (Å²) in [7, 11) is 3.23. The van der Waals surface area contributed by atoms with E-state index in [1.165, 1.54) is 0 Å². The van der Waals surface area contributed by atoms with E-state index in [1.807, 2.05) is 66.7 Å². The van der Waals surface area contributed by atoms with Crippen molar-refractivity contribution < 1.29 is 18.7 Å². The highest BCUT2D eigenvalue weighted by Gasteiger charge is 2.17. The van der Waals surface area contributed by atoms with Crippen LogP contribution in [0, 0.1) is 0 Å². The van der Waals surface area contributed by atoms with E-state index in [2.05, 4.69) is 10.3 Å². The molecular formula is C25H22N2O4. The molecule has 1 N–H and O–H groups in total. The number of aromatic nitrogens is 1. The van der Waals surface area contributed by atoms with Gasteiger partial charge in [0.1, 0.15) is 11.5 Å². The molecule has 0 saturated carbocycles. The third-order valence-electron chi connectivity index (χ3n) is 4.91. The van der Waals surface area contributed by atoms with E-state index in [1.54, 1.807) is 26.5 Å². The summed E-state index contributed by atoms with van der Waals surface area (Å²) >= 11 is 0. The molecule has 0 bridgehead atoms. The molecule has 6 heteroatoms. The molecule has 156 valence electrons. The van der Waals surface area contributed by atoms with Crippen molar-refractivity contribution in [2.75, 3.05) is 14.2 Å². The van der Waals surface area contributed by atoms with Crippen LogP contribution >= 0.6 is 0 Å². The fourth-order valence-corrected chi connectivity index (χ4v) is 3.27. The van der Waals surface area contributed by atoms with Crippen molar-refractivity contribution in [3.63, 3.8) is 0 Å². The van der Waals surface area contributed by atoms with Crippen molar-refractivity contribution in [2.24, 2.45) is 0 Å². The number of amides is 1. The molecule has 1 amide bonds. The molecule has 1 heterocycles. The molecule has 4 aromatic rings. The lowest BCUT2D eigenvalue weighted by atomic mass is 10.1. The van der Waals surface area contributed by atoms with Crippen LogP contribution in [0.3, 0.4) is 0 Å². The zero-order valence-electron chi connectivity index (χ0n) is 17.3. The predicted octanol–water partition coefficient (Wildman–Crippen LogP) is 4.96. The van der Waals surface area contributed by atoms with Crippen LogP contribution in [0.2, 0.25) is 0 Å². The number of oxazole rings is 1. The van der Waals surface area contributed by atoms with Gasteiger partial charge in [-0.25, -0.2) is 4.98 Å². The second-order valence-corrected chi connectivity index (χ2v) is 6.80. The zero-order chi connectivity index (χ0) is 21.6. The van der Waals surface area contributed by atoms with Gasteiger partial charge in [0.25, 0.3) is 5.91 Å². The summed E-state index contributed by atoms with van der Waals surface area (Å²) in [6.07, 6.45) is 1.65. The van der Waals surface area contributed by atoms with Gasteiger partial charge in [0.2, 0.25) is 5.89 Å². The van der Waals surface area contributed by atoms with Crippen LogP contribution in [0.15, 0.2) is 83.4 Å². The highest BCUT2D eigenvalue weighted by molar-refractivity contribution is 6.00. The van der Waals surface area contributed by atoms with Crippen LogP contribution in [0.1, 0.15) is 15.9 Å². The van der Waals surface area contributed by atoms with Crippen molar-refractivity contribution in [1.82, 2.24) is 10.3 Å². The molecule has 6 nitrogen and oxygen atoms in total. The van der Waals surface area contributed by atoms with E-state index < -0.39 is 0 Å². The maximum atomic E-state index is 12.9. The Morgan fingerprint density at radius 1 is 0.935 bits per heavy atom. The Labute approximate surface area is 180 Å². The van der Waals surface area contributed by atoms with Gasteiger partial charge in [0, 0.05) is 23.2 Å². The summed E-state index contributed by atoms with van der Waals surface area (Å²) in [4.78, 5) is 17.3. The Balaban J connectivity index is 1.56. The number of nitrogens with zero attached hydrogens (tertiary/aromatic N) is 1. The van der Waals surface area contributed by atoms with Crippen LogP contribution in [-0.4, -0.2) is 25.1 Å². The molecule has 0 atom stereocenters. The first-order chi connectivity index (χ1) is 15.2. The minimum atomic E-state index is -0.217. The second kappa shape index (κ2) is 9.17. The molecule has 31 heavy (non-hydrogen) atoms. The maximum Gasteiger partial charge on any atom is 0.252 e. The molecule has 3 aromatic carbocycles. The molecule has 0 spiro atoms. The number of para-hydroxylation sites is 1. The number of nitrogens with one attached hydrogen (secondary N) is 1. The molecule has 0 aliphatic heterocycles. The Bertz CT molecular complexity index is 1180. The minimum Gasteiger partial charge on any atom is -0.497 e. The maximum absolute atomic E-state index is 12.9. The summed E-state index contributed by atoms with van der Waals surface area (Å²) in [6, 6.07) is 22.3. The lowest BCUT2D eigenvalue weighted by Gasteiger charge is -2.11. The molecule has 1 aromatic heterocycles. The van der Waals surface area contributed by atoms with E-state index in [-0.39, 0.29) is 5.91 Å². The highest BCUT2D eigenvalue weighted by atomic mass is 16.5. The van der Waals surface area contributed by atoms with Gasteiger partial charge in [-0.1, -0.05) is 30.3 Å². The van der Waals surface area contributed by atoms with Crippen LogP contribution in [-0.2, 0) is 6.54 Å². The summed E-state index contributed by atoms with van der Waals surface area (Å²) in [6.45, 7) is 0.347. The van der Waals surface area contributed by atoms with E-state index in [0.29, 0.717) is 29.3 Å². The fourth-order valence-electron chi connectivity index (χ4n) is 3.27. The fraction of sp³-hybridized carbons (Fsp3) is 0.120. The van der Waals surface area contributed by atoms with Crippen molar-refractivity contribution >= 4 is 5.91 Å². The van der Waals surface area contributed by atoms with Crippen LogP contribution in [0.5, 0.6) is 11.5 Å². The van der Waals surface area contributed by atoms with Crippen molar-refractivity contribution in [3.8, 4) is 34.3 Å². The zero-order valence-corrected chi connectivity index (χ0v) is 17.3. The van der Waals surface area contributed by atoms with Gasteiger partial charge >= 0.3 is 0 Å². The van der Waals surface area contributed by atoms with Crippen molar-refractivity contribution in [2.45, 2.75) is 6.54 Å². The van der Waals surface area contributed by atoms with Crippen molar-refractivity contribution in [3.05, 3.63) is 90.1 Å². The Hall–Kier alpha value is -4.06. The Morgan fingerprint density at radius 3 is 2.45 bits per heavy atom. The summed E-state index contributed by atoms with van der Waals surface area (Å²) in [5.74, 6) is 2.27. The Kier molecular flexibility index (Phi) is 5.98. The summed E-state index contributed by atoms with van der Waals surface area (Å²) < 4.78 is 16.5. The third-order valence-corrected chi connectivity index (χ3v) is 4.91. The number of methoxy groups -OCH3 is 2. The second-order valence-electron chi connectivity index (χ2n) is 6.80. The van der Waals surface area contributed by atoms with E-state index in [4.69, 9.17) is 13.9 Å². The predicted molar refractivity (Wildman–Crippen MR) is 118 cm³/mol. The number of hydrogen-bond donors (Lipinski definition) is 1. The van der Waals surface area contributed by atoms with E-state index in [9.17, 15) is 4.79 Å². The standard InChI is InChI=1S/C25H22N2O4/c1-29-19-13-11-17(12-14-19)23-16-27-25(31-23)21-9-5-4-8-20(21)24(28)26-15-18-7-3-6-10-22(18)30-2/h3-14,16H,15H2,1-2H3,(H,26,28). The van der Waals surface area contributed by atoms with Gasteiger partial charge in [-0.05, 0) is 42.5 Å². The van der Waals surface area contributed by atoms with Gasteiger partial charge < -0.3 is 19.2 Å². The van der Waals surface area contributed by atoms with E-state index in [0.717, 1.165) is 22.6 Å². The number of rotatable bonds is 7. The van der Waals surface area contributed by atoms with Gasteiger partial charge in [-0.2, -0.15) is 0 Å². The van der Waals surface area contributed by atoms with Gasteiger partial charge in [0.05, 0.1) is 26.0 Å². The first kappa shape index (κ1) is 20.2. The number of carbonyl (C=O) groups is 1. The van der Waals surface area contributed by atoms with Crippen LogP contribution in [0.25, 0.3) is 22.8 Å².